The first kappa shape index (κ1) is 22.0. The molecule has 0 amide bonds. The van der Waals surface area contributed by atoms with E-state index in [1.807, 2.05) is 13.8 Å². The van der Waals surface area contributed by atoms with Gasteiger partial charge in [-0.3, -0.25) is 0 Å². The molecule has 7 nitrogen and oxygen atoms in total. The van der Waals surface area contributed by atoms with E-state index >= 15 is 0 Å². The molecule has 2 aromatic rings. The van der Waals surface area contributed by atoms with Crippen LogP contribution in [0, 0.1) is 5.95 Å². The molecule has 0 radical (unpaired) electrons. The summed E-state index contributed by atoms with van der Waals surface area (Å²) in [5.74, 6) is -2.87. The smallest absolute Gasteiger partial charge is 0.328 e. The topological polar surface area (TPSA) is 112 Å². The molecular formula is C18H19Cl2FN2O5. The number of carbonyl (C=O) groups is 1. The second-order valence-electron chi connectivity index (χ2n) is 6.39. The average molecular weight is 433 g/mol. The van der Waals surface area contributed by atoms with Crippen LogP contribution in [0.15, 0.2) is 18.2 Å². The Balaban J connectivity index is 2.46. The fraction of sp³-hybridized carbons (Fsp3) is 0.333. The number of hydrogen-bond donors (Lipinski definition) is 4. The van der Waals surface area contributed by atoms with E-state index in [0.29, 0.717) is 5.56 Å². The molecule has 28 heavy (non-hydrogen) atoms. The number of phenols is 1. The van der Waals surface area contributed by atoms with Crippen molar-refractivity contribution in [3.05, 3.63) is 39.8 Å². The van der Waals surface area contributed by atoms with Crippen molar-refractivity contribution in [3.8, 4) is 17.2 Å². The average Bonchev–Trinajstić information content (AvgIpc) is 2.61. The number of aromatic nitrogens is 1. The van der Waals surface area contributed by atoms with Crippen LogP contribution in [0.25, 0.3) is 0 Å². The third kappa shape index (κ3) is 4.76. The molecule has 0 aliphatic heterocycles. The number of aliphatic hydroxyl groups is 1. The molecule has 0 aliphatic rings. The molecule has 10 heteroatoms. The van der Waals surface area contributed by atoms with Gasteiger partial charge in [0.1, 0.15) is 21.5 Å². The number of hydrogen-bond acceptors (Lipinski definition) is 6. The molecule has 152 valence electrons. The van der Waals surface area contributed by atoms with Gasteiger partial charge >= 0.3 is 5.97 Å². The molecule has 1 heterocycles. The van der Waals surface area contributed by atoms with Gasteiger partial charge in [-0.25, -0.2) is 4.79 Å². The monoisotopic (exact) mass is 432 g/mol. The lowest BCUT2D eigenvalue weighted by atomic mass is 10.0. The van der Waals surface area contributed by atoms with E-state index in [-0.39, 0.29) is 34.0 Å². The predicted octanol–water partition coefficient (Wildman–Crippen LogP) is 4.39. The Kier molecular flexibility index (Phi) is 6.92. The molecule has 0 spiro atoms. The minimum Gasteiger partial charge on any atom is -0.508 e. The van der Waals surface area contributed by atoms with Gasteiger partial charge in [0.2, 0.25) is 5.95 Å². The molecule has 0 saturated heterocycles. The zero-order valence-corrected chi connectivity index (χ0v) is 16.7. The Bertz CT molecular complexity index is 893. The number of anilines is 1. The lowest BCUT2D eigenvalue weighted by Gasteiger charge is -2.20. The maximum absolute atomic E-state index is 14.2. The van der Waals surface area contributed by atoms with Gasteiger partial charge in [0, 0.05) is 5.56 Å². The Morgan fingerprint density at radius 2 is 1.89 bits per heavy atom. The van der Waals surface area contributed by atoms with Crippen molar-refractivity contribution >= 4 is 35.0 Å². The number of halogens is 3. The Morgan fingerprint density at radius 1 is 1.25 bits per heavy atom. The van der Waals surface area contributed by atoms with Gasteiger partial charge in [-0.2, -0.15) is 9.37 Å². The summed E-state index contributed by atoms with van der Waals surface area (Å²) in [6, 6.07) is 2.92. The zero-order chi connectivity index (χ0) is 21.2. The van der Waals surface area contributed by atoms with Gasteiger partial charge in [-0.05, 0) is 31.0 Å². The van der Waals surface area contributed by atoms with E-state index in [1.54, 1.807) is 6.07 Å². The number of benzene rings is 1. The molecule has 0 fully saturated rings. The molecule has 2 unspecified atom stereocenters. The number of rotatable bonds is 7. The van der Waals surface area contributed by atoms with Crippen LogP contribution in [0.2, 0.25) is 10.0 Å². The van der Waals surface area contributed by atoms with Crippen molar-refractivity contribution in [2.75, 3.05) is 5.32 Å². The largest absolute Gasteiger partial charge is 0.508 e. The van der Waals surface area contributed by atoms with E-state index in [1.165, 1.54) is 19.1 Å². The first-order valence-electron chi connectivity index (χ1n) is 8.25. The Labute approximate surface area is 170 Å². The first-order chi connectivity index (χ1) is 13.0. The van der Waals surface area contributed by atoms with Crippen molar-refractivity contribution in [2.24, 2.45) is 0 Å². The summed E-state index contributed by atoms with van der Waals surface area (Å²) in [6.07, 6.45) is -1.32. The van der Waals surface area contributed by atoms with Crippen LogP contribution in [0.1, 0.15) is 32.3 Å². The minimum absolute atomic E-state index is 0.0109. The second-order valence-corrected chi connectivity index (χ2v) is 7.14. The third-order valence-corrected chi connectivity index (χ3v) is 4.56. The highest BCUT2D eigenvalue weighted by Gasteiger charge is 2.27. The van der Waals surface area contributed by atoms with Crippen LogP contribution in [0.3, 0.4) is 0 Å². The zero-order valence-electron chi connectivity index (χ0n) is 15.2. The maximum atomic E-state index is 14.2. The van der Waals surface area contributed by atoms with E-state index in [0.717, 1.165) is 0 Å². The summed E-state index contributed by atoms with van der Waals surface area (Å²) in [5, 5.41) is 30.3. The van der Waals surface area contributed by atoms with Gasteiger partial charge in [0.05, 0.1) is 6.10 Å². The summed E-state index contributed by atoms with van der Waals surface area (Å²) in [5.41, 5.74) is 0.595. The lowest BCUT2D eigenvalue weighted by Crippen LogP contribution is -2.39. The molecule has 0 aliphatic carbocycles. The summed E-state index contributed by atoms with van der Waals surface area (Å²) >= 11 is 12.1. The van der Waals surface area contributed by atoms with Crippen molar-refractivity contribution in [3.63, 3.8) is 0 Å². The van der Waals surface area contributed by atoms with Crippen molar-refractivity contribution in [1.82, 2.24) is 4.98 Å². The quantitative estimate of drug-likeness (QED) is 0.479. The SMILES string of the molecule is CC(C)c1cc(Oc2c(Cl)c(F)nc(NC(C(=O)O)C(C)O)c2Cl)ccc1O. The van der Waals surface area contributed by atoms with E-state index in [9.17, 15) is 19.4 Å². The van der Waals surface area contributed by atoms with Crippen LogP contribution < -0.4 is 10.1 Å². The van der Waals surface area contributed by atoms with E-state index in [2.05, 4.69) is 10.3 Å². The number of ether oxygens (including phenoxy) is 1. The van der Waals surface area contributed by atoms with Crippen LogP contribution in [-0.4, -0.2) is 38.4 Å². The number of carboxylic acids is 1. The number of phenolic OH excluding ortho intramolecular Hbond substituents is 1. The van der Waals surface area contributed by atoms with E-state index in [4.69, 9.17) is 33.0 Å². The van der Waals surface area contributed by atoms with Crippen LogP contribution in [0.4, 0.5) is 10.2 Å². The van der Waals surface area contributed by atoms with Gasteiger partial charge < -0.3 is 25.4 Å². The second kappa shape index (κ2) is 8.81. The number of aliphatic hydroxyl groups excluding tert-OH is 1. The lowest BCUT2D eigenvalue weighted by molar-refractivity contribution is -0.140. The predicted molar refractivity (Wildman–Crippen MR) is 103 cm³/mol. The minimum atomic E-state index is -1.49. The van der Waals surface area contributed by atoms with Gasteiger partial charge in [0.25, 0.3) is 0 Å². The summed E-state index contributed by atoms with van der Waals surface area (Å²) < 4.78 is 19.8. The highest BCUT2D eigenvalue weighted by Crippen LogP contribution is 2.42. The fourth-order valence-electron chi connectivity index (χ4n) is 2.39. The van der Waals surface area contributed by atoms with Crippen LogP contribution >= 0.6 is 23.2 Å². The Morgan fingerprint density at radius 3 is 2.43 bits per heavy atom. The number of pyridine rings is 1. The molecule has 4 N–H and O–H groups in total. The van der Waals surface area contributed by atoms with Crippen molar-refractivity contribution in [1.29, 1.82) is 0 Å². The Hall–Kier alpha value is -2.29. The number of nitrogens with zero attached hydrogens (tertiary/aromatic N) is 1. The normalized spacial score (nSPS) is 13.3. The number of aromatic hydroxyl groups is 1. The molecule has 0 bridgehead atoms. The molecule has 1 aromatic carbocycles. The van der Waals surface area contributed by atoms with Crippen molar-refractivity contribution in [2.45, 2.75) is 38.8 Å². The summed E-state index contributed by atoms with van der Waals surface area (Å²) in [7, 11) is 0. The highest BCUT2D eigenvalue weighted by atomic mass is 35.5. The summed E-state index contributed by atoms with van der Waals surface area (Å²) in [6.45, 7) is 4.98. The van der Waals surface area contributed by atoms with E-state index < -0.39 is 29.1 Å². The maximum Gasteiger partial charge on any atom is 0.328 e. The molecule has 2 atom stereocenters. The third-order valence-electron chi connectivity index (χ3n) is 3.88. The van der Waals surface area contributed by atoms with Crippen LogP contribution in [0.5, 0.6) is 17.2 Å². The van der Waals surface area contributed by atoms with Gasteiger partial charge in [-0.1, -0.05) is 37.0 Å². The molecule has 0 saturated carbocycles. The number of nitrogens with one attached hydrogen (secondary N) is 1. The van der Waals surface area contributed by atoms with Crippen LogP contribution in [-0.2, 0) is 4.79 Å². The van der Waals surface area contributed by atoms with Crippen molar-refractivity contribution < 1.29 is 29.2 Å². The number of carboxylic acid groups (broad SMARTS) is 1. The molecule has 2 rings (SSSR count). The number of aliphatic carboxylic acids is 1. The first-order valence-corrected chi connectivity index (χ1v) is 9.01. The molecule has 1 aromatic heterocycles. The van der Waals surface area contributed by atoms with Gasteiger partial charge in [-0.15, -0.1) is 0 Å². The van der Waals surface area contributed by atoms with Gasteiger partial charge in [0.15, 0.2) is 17.6 Å². The summed E-state index contributed by atoms with van der Waals surface area (Å²) in [4.78, 5) is 14.8. The highest BCUT2D eigenvalue weighted by molar-refractivity contribution is 6.38. The molecular weight excluding hydrogens is 414 g/mol. The standard InChI is InChI=1S/C18H19Cl2FN2O5/c1-7(2)10-6-9(4-5-11(10)25)28-15-12(19)16(21)23-17(13(15)20)22-14(8(3)24)18(26)27/h4-8,14,24-25H,1-3H3,(H,22,23)(H,26,27). The fourth-order valence-corrected chi connectivity index (χ4v) is 2.85.